The van der Waals surface area contributed by atoms with E-state index in [9.17, 15) is 18.3 Å². The van der Waals surface area contributed by atoms with E-state index in [4.69, 9.17) is 14.1 Å². The number of rotatable bonds is 14. The maximum atomic E-state index is 15.5. The van der Waals surface area contributed by atoms with Crippen LogP contribution in [0.4, 0.5) is 10.3 Å². The minimum absolute atomic E-state index is 0.0228. The Morgan fingerprint density at radius 1 is 1.08 bits per heavy atom. The Morgan fingerprint density at radius 2 is 1.84 bits per heavy atom. The molecule has 260 valence electrons. The zero-order chi connectivity index (χ0) is 35.0. The second-order valence-corrected chi connectivity index (χ2v) is 14.9. The van der Waals surface area contributed by atoms with Crippen molar-refractivity contribution in [1.29, 1.82) is 0 Å². The van der Waals surface area contributed by atoms with E-state index in [1.165, 1.54) is 18.2 Å². The number of halogens is 1. The molecule has 0 saturated heterocycles. The van der Waals surface area contributed by atoms with Gasteiger partial charge in [0.1, 0.15) is 23.6 Å². The number of aryl methyl sites for hydroxylation is 2. The van der Waals surface area contributed by atoms with Gasteiger partial charge in [-0.1, -0.05) is 24.3 Å². The second kappa shape index (κ2) is 13.4. The van der Waals surface area contributed by atoms with Crippen molar-refractivity contribution in [2.24, 2.45) is 0 Å². The van der Waals surface area contributed by atoms with Crippen LogP contribution in [-0.2, 0) is 16.6 Å². The number of hydrogen-bond acceptors (Lipinski definition) is 10. The fourth-order valence-corrected chi connectivity index (χ4v) is 7.22. The van der Waals surface area contributed by atoms with E-state index < -0.39 is 27.7 Å². The van der Waals surface area contributed by atoms with Crippen molar-refractivity contribution in [2.75, 3.05) is 11.3 Å². The molecule has 0 aliphatic heterocycles. The summed E-state index contributed by atoms with van der Waals surface area (Å²) >= 11 is 0. The van der Waals surface area contributed by atoms with Crippen LogP contribution in [-0.4, -0.2) is 57.7 Å². The lowest BCUT2D eigenvalue weighted by atomic mass is 9.77. The van der Waals surface area contributed by atoms with E-state index in [1.807, 2.05) is 38.1 Å². The number of aromatic carboxylic acids is 1. The summed E-state index contributed by atoms with van der Waals surface area (Å²) in [5, 5.41) is 12.8. The maximum Gasteiger partial charge on any atom is 0.335 e. The lowest BCUT2D eigenvalue weighted by Crippen LogP contribution is -2.44. The first-order valence-corrected chi connectivity index (χ1v) is 18.1. The van der Waals surface area contributed by atoms with Crippen LogP contribution in [0.2, 0.25) is 0 Å². The van der Waals surface area contributed by atoms with E-state index in [0.29, 0.717) is 47.9 Å². The molecule has 3 aromatic heterocycles. The number of nitrogens with one attached hydrogen (secondary N) is 2. The number of carboxylic acids is 1. The molecule has 1 unspecified atom stereocenters. The monoisotopic (exact) mass is 700 g/mol. The van der Waals surface area contributed by atoms with Crippen molar-refractivity contribution in [3.8, 4) is 17.1 Å². The van der Waals surface area contributed by atoms with Crippen molar-refractivity contribution in [3.63, 3.8) is 0 Å². The molecule has 2 saturated carbocycles. The molecule has 0 amide bonds. The van der Waals surface area contributed by atoms with E-state index in [-0.39, 0.29) is 35.3 Å². The van der Waals surface area contributed by atoms with E-state index in [1.54, 1.807) is 12.3 Å². The molecule has 0 spiro atoms. The summed E-state index contributed by atoms with van der Waals surface area (Å²) in [6, 6.07) is 13.9. The summed E-state index contributed by atoms with van der Waals surface area (Å²) in [5.41, 5.74) is 3.36. The Morgan fingerprint density at radius 3 is 2.54 bits per heavy atom. The summed E-state index contributed by atoms with van der Waals surface area (Å²) < 4.78 is 56.7. The molecule has 0 bridgehead atoms. The third kappa shape index (κ3) is 7.45. The number of ether oxygens (including phenoxy) is 1. The number of nitrogens with zero attached hydrogens (tertiary/aromatic N) is 4. The van der Waals surface area contributed by atoms with Gasteiger partial charge in [-0.15, -0.1) is 0 Å². The SMILES string of the molecule is Cc1cccc(C)c1-c1cc(OCC(CC2(F)CCC2)NCc2cnc3oc(C4CC4)cc3n2)nc(NS(=O)(=O)c2cccc(C(=O)O)c2)n1. The van der Waals surface area contributed by atoms with Crippen molar-refractivity contribution < 1.29 is 31.9 Å². The number of fused-ring (bicyclic) bond motifs is 1. The Kier molecular flexibility index (Phi) is 8.99. The largest absolute Gasteiger partial charge is 0.478 e. The number of hydrogen-bond donors (Lipinski definition) is 3. The van der Waals surface area contributed by atoms with Gasteiger partial charge in [-0.2, -0.15) is 4.98 Å². The molecule has 1 atom stereocenters. The van der Waals surface area contributed by atoms with Crippen LogP contribution in [0.25, 0.3) is 22.5 Å². The first kappa shape index (κ1) is 33.5. The number of anilines is 1. The minimum atomic E-state index is -4.29. The summed E-state index contributed by atoms with van der Waals surface area (Å²) in [7, 11) is -4.29. The highest BCUT2D eigenvalue weighted by atomic mass is 32.2. The van der Waals surface area contributed by atoms with Gasteiger partial charge in [-0.05, 0) is 81.7 Å². The van der Waals surface area contributed by atoms with Crippen LogP contribution in [0.15, 0.2) is 70.1 Å². The predicted molar refractivity (Wildman–Crippen MR) is 183 cm³/mol. The fraction of sp³-hybridized carbons (Fsp3) is 0.361. The van der Waals surface area contributed by atoms with Gasteiger partial charge < -0.3 is 19.6 Å². The van der Waals surface area contributed by atoms with Crippen molar-refractivity contribution in [3.05, 3.63) is 88.9 Å². The number of sulfonamides is 1. The molecular weight excluding hydrogens is 663 g/mol. The number of furan rings is 1. The van der Waals surface area contributed by atoms with Gasteiger partial charge >= 0.3 is 5.97 Å². The van der Waals surface area contributed by atoms with Gasteiger partial charge in [0.25, 0.3) is 10.0 Å². The first-order valence-electron chi connectivity index (χ1n) is 16.6. The molecule has 3 heterocycles. The zero-order valence-corrected chi connectivity index (χ0v) is 28.5. The highest BCUT2D eigenvalue weighted by Crippen LogP contribution is 2.42. The summed E-state index contributed by atoms with van der Waals surface area (Å²) in [6.07, 6.45) is 5.81. The predicted octanol–water partition coefficient (Wildman–Crippen LogP) is 6.49. The van der Waals surface area contributed by atoms with Crippen LogP contribution in [0.3, 0.4) is 0 Å². The molecule has 2 aliphatic rings. The Labute approximate surface area is 288 Å². The van der Waals surface area contributed by atoms with Crippen LogP contribution in [0, 0.1) is 13.8 Å². The normalized spacial score (nSPS) is 16.1. The standard InChI is InChI=1S/C36H37FN6O6S/c1-21-6-3-7-22(2)32(21)28-16-31(42-35(41-28)43-50(46,47)27-9-4-8-24(14-27)34(44)45)48-20-25(17-36(37)12-5-13-36)38-18-26-19-39-33-29(40-26)15-30(49-33)23-10-11-23/h3-4,6-9,14-16,19,23,25,38H,5,10-13,17-18,20H2,1-2H3,(H,44,45)(H,41,42,43). The number of aromatic nitrogens is 4. The van der Waals surface area contributed by atoms with Crippen LogP contribution < -0.4 is 14.8 Å². The summed E-state index contributed by atoms with van der Waals surface area (Å²) in [5.74, 6) is -0.103. The highest BCUT2D eigenvalue weighted by molar-refractivity contribution is 7.92. The lowest BCUT2D eigenvalue weighted by Gasteiger charge is -2.36. The molecule has 2 aromatic carbocycles. The van der Waals surface area contributed by atoms with Gasteiger partial charge in [0, 0.05) is 36.2 Å². The smallest absolute Gasteiger partial charge is 0.335 e. The number of carboxylic acid groups (broad SMARTS) is 1. The molecule has 14 heteroatoms. The van der Waals surface area contributed by atoms with E-state index in [2.05, 4.69) is 25.0 Å². The second-order valence-electron chi connectivity index (χ2n) is 13.2. The molecular formula is C36H37FN6O6S. The van der Waals surface area contributed by atoms with Gasteiger partial charge in [0.05, 0.1) is 28.0 Å². The Bertz CT molecular complexity index is 2160. The van der Waals surface area contributed by atoms with E-state index >= 15 is 4.39 Å². The Hall–Kier alpha value is -4.95. The molecule has 50 heavy (non-hydrogen) atoms. The van der Waals surface area contributed by atoms with Crippen LogP contribution in [0.5, 0.6) is 5.88 Å². The van der Waals surface area contributed by atoms with Gasteiger partial charge in [0.2, 0.25) is 17.5 Å². The average Bonchev–Trinajstić information content (AvgIpc) is 3.83. The molecule has 3 N–H and O–H groups in total. The van der Waals surface area contributed by atoms with Crippen LogP contribution >= 0.6 is 0 Å². The molecule has 0 radical (unpaired) electrons. The number of carbonyl (C=O) groups is 1. The Balaban J connectivity index is 1.14. The van der Waals surface area contributed by atoms with Crippen molar-refractivity contribution in [1.82, 2.24) is 25.3 Å². The average molecular weight is 701 g/mol. The summed E-state index contributed by atoms with van der Waals surface area (Å²) in [6.45, 7) is 4.17. The number of benzene rings is 2. The first-order chi connectivity index (χ1) is 23.9. The topological polar surface area (TPSA) is 169 Å². The van der Waals surface area contributed by atoms with Gasteiger partial charge in [-0.25, -0.2) is 37.3 Å². The van der Waals surface area contributed by atoms with Crippen LogP contribution in [0.1, 0.15) is 77.4 Å². The molecule has 7 rings (SSSR count). The quantitative estimate of drug-likeness (QED) is 0.116. The fourth-order valence-electron chi connectivity index (χ4n) is 6.23. The van der Waals surface area contributed by atoms with Crippen molar-refractivity contribution in [2.45, 2.75) is 81.4 Å². The van der Waals surface area contributed by atoms with E-state index in [0.717, 1.165) is 47.8 Å². The summed E-state index contributed by atoms with van der Waals surface area (Å²) in [4.78, 5) is 29.3. The zero-order valence-electron chi connectivity index (χ0n) is 27.6. The molecule has 2 aliphatic carbocycles. The minimum Gasteiger partial charge on any atom is -0.478 e. The van der Waals surface area contributed by atoms with Crippen molar-refractivity contribution >= 4 is 33.2 Å². The highest BCUT2D eigenvalue weighted by Gasteiger charge is 2.39. The third-order valence-electron chi connectivity index (χ3n) is 9.21. The lowest BCUT2D eigenvalue weighted by molar-refractivity contribution is 0.0346. The third-order valence-corrected chi connectivity index (χ3v) is 10.5. The van der Waals surface area contributed by atoms with Gasteiger partial charge in [-0.3, -0.25) is 0 Å². The molecule has 12 nitrogen and oxygen atoms in total. The maximum absolute atomic E-state index is 15.5. The number of alkyl halides is 1. The van der Waals surface area contributed by atoms with Gasteiger partial charge in [0.15, 0.2) is 0 Å². The molecule has 2 fully saturated rings. The molecule has 5 aromatic rings.